The molecule has 5 nitrogen and oxygen atoms in total. The molecular weight excluding hydrogens is 464 g/mol. The smallest absolute Gasteiger partial charge is 0.242 e. The lowest BCUT2D eigenvalue weighted by Crippen LogP contribution is -2.49. The molecule has 2 rings (SSSR count). The maximum Gasteiger partial charge on any atom is 0.242 e. The van der Waals surface area contributed by atoms with Crippen molar-refractivity contribution in [3.63, 3.8) is 0 Å². The lowest BCUT2D eigenvalue weighted by Gasteiger charge is -2.29. The first-order valence-electron chi connectivity index (χ1n) is 9.85. The highest BCUT2D eigenvalue weighted by molar-refractivity contribution is 9.10. The van der Waals surface area contributed by atoms with Crippen molar-refractivity contribution >= 4 is 39.5 Å². The van der Waals surface area contributed by atoms with Crippen LogP contribution in [0.4, 0.5) is 0 Å². The Morgan fingerprint density at radius 3 is 2.40 bits per heavy atom. The Morgan fingerprint density at radius 2 is 1.80 bits per heavy atom. The minimum atomic E-state index is -0.555. The van der Waals surface area contributed by atoms with Crippen LogP contribution in [0.1, 0.15) is 31.9 Å². The molecule has 0 spiro atoms. The van der Waals surface area contributed by atoms with Crippen molar-refractivity contribution in [3.8, 4) is 5.75 Å². The molecule has 1 atom stereocenters. The fourth-order valence-corrected chi connectivity index (χ4v) is 4.20. The zero-order valence-electron chi connectivity index (χ0n) is 17.9. The number of nitrogens with one attached hydrogen (secondary N) is 1. The van der Waals surface area contributed by atoms with Gasteiger partial charge in [-0.3, -0.25) is 9.59 Å². The van der Waals surface area contributed by atoms with Gasteiger partial charge >= 0.3 is 0 Å². The van der Waals surface area contributed by atoms with E-state index in [2.05, 4.69) is 21.2 Å². The normalized spacial score (nSPS) is 11.8. The number of hydrogen-bond acceptors (Lipinski definition) is 4. The topological polar surface area (TPSA) is 58.6 Å². The molecule has 0 aliphatic rings. The van der Waals surface area contributed by atoms with Gasteiger partial charge in [0.25, 0.3) is 0 Å². The molecule has 0 saturated heterocycles. The first kappa shape index (κ1) is 24.3. The maximum atomic E-state index is 13.0. The van der Waals surface area contributed by atoms with Crippen LogP contribution in [-0.4, -0.2) is 41.7 Å². The molecule has 0 aliphatic carbocycles. The number of rotatable bonds is 10. The summed E-state index contributed by atoms with van der Waals surface area (Å²) in [5.74, 6) is 1.63. The van der Waals surface area contributed by atoms with E-state index in [0.29, 0.717) is 18.1 Å². The van der Waals surface area contributed by atoms with Crippen molar-refractivity contribution in [2.45, 2.75) is 45.2 Å². The molecule has 0 heterocycles. The van der Waals surface area contributed by atoms with Gasteiger partial charge < -0.3 is 15.0 Å². The Bertz CT molecular complexity index is 843. The summed E-state index contributed by atoms with van der Waals surface area (Å²) >= 11 is 5.01. The molecule has 1 N–H and O–H groups in total. The van der Waals surface area contributed by atoms with Gasteiger partial charge in [0.05, 0.1) is 12.9 Å². The largest absolute Gasteiger partial charge is 0.497 e. The number of carbonyl (C=O) groups is 2. The number of ether oxygens (including phenoxy) is 1. The highest BCUT2D eigenvalue weighted by Gasteiger charge is 2.26. The minimum absolute atomic E-state index is 0.0206. The number of carbonyl (C=O) groups excluding carboxylic acids is 2. The second-order valence-corrected chi connectivity index (χ2v) is 9.23. The highest BCUT2D eigenvalue weighted by atomic mass is 79.9. The zero-order valence-corrected chi connectivity index (χ0v) is 20.3. The van der Waals surface area contributed by atoms with Crippen molar-refractivity contribution in [2.75, 3.05) is 12.9 Å². The molecule has 0 bridgehead atoms. The summed E-state index contributed by atoms with van der Waals surface area (Å²) in [6.45, 7) is 5.99. The van der Waals surface area contributed by atoms with Crippen LogP contribution in [0, 0.1) is 0 Å². The fraction of sp³-hybridized carbons (Fsp3) is 0.391. The Hall–Kier alpha value is -1.99. The molecule has 30 heavy (non-hydrogen) atoms. The molecular formula is C23H29BrN2O3S. The Morgan fingerprint density at radius 1 is 1.10 bits per heavy atom. The SMILES string of the molecule is COc1ccc(CSCC(=O)N(Cc2cccc(Br)c2)[C@H](C)C(=O)NC(C)C)cc1. The number of benzene rings is 2. The van der Waals surface area contributed by atoms with E-state index in [1.807, 2.05) is 62.4 Å². The van der Waals surface area contributed by atoms with Gasteiger partial charge in [0, 0.05) is 22.8 Å². The molecule has 2 amide bonds. The summed E-state index contributed by atoms with van der Waals surface area (Å²) in [5.41, 5.74) is 2.10. The van der Waals surface area contributed by atoms with Gasteiger partial charge in [-0.05, 0) is 56.2 Å². The van der Waals surface area contributed by atoms with Gasteiger partial charge in [0.15, 0.2) is 0 Å². The quantitative estimate of drug-likeness (QED) is 0.524. The predicted molar refractivity (Wildman–Crippen MR) is 127 cm³/mol. The van der Waals surface area contributed by atoms with Gasteiger partial charge in [0.1, 0.15) is 11.8 Å². The minimum Gasteiger partial charge on any atom is -0.497 e. The number of amides is 2. The van der Waals surface area contributed by atoms with Crippen LogP contribution in [0.5, 0.6) is 5.75 Å². The summed E-state index contributed by atoms with van der Waals surface area (Å²) < 4.78 is 6.12. The van der Waals surface area contributed by atoms with Crippen LogP contribution in [0.25, 0.3) is 0 Å². The van der Waals surface area contributed by atoms with Gasteiger partial charge in [-0.15, -0.1) is 11.8 Å². The van der Waals surface area contributed by atoms with E-state index in [0.717, 1.165) is 21.3 Å². The van der Waals surface area contributed by atoms with Gasteiger partial charge in [-0.2, -0.15) is 0 Å². The molecule has 2 aromatic rings. The monoisotopic (exact) mass is 492 g/mol. The fourth-order valence-electron chi connectivity index (χ4n) is 2.88. The summed E-state index contributed by atoms with van der Waals surface area (Å²) in [6.07, 6.45) is 0. The van der Waals surface area contributed by atoms with Crippen LogP contribution in [-0.2, 0) is 21.9 Å². The van der Waals surface area contributed by atoms with E-state index in [9.17, 15) is 9.59 Å². The van der Waals surface area contributed by atoms with E-state index < -0.39 is 6.04 Å². The van der Waals surface area contributed by atoms with E-state index in [1.165, 1.54) is 11.8 Å². The second kappa shape index (κ2) is 12.0. The molecule has 2 aromatic carbocycles. The molecule has 162 valence electrons. The predicted octanol–water partition coefficient (Wildman–Crippen LogP) is 4.63. The summed E-state index contributed by atoms with van der Waals surface area (Å²) in [5, 5.41) is 2.91. The van der Waals surface area contributed by atoms with Crippen LogP contribution < -0.4 is 10.1 Å². The van der Waals surface area contributed by atoms with E-state index in [1.54, 1.807) is 18.9 Å². The highest BCUT2D eigenvalue weighted by Crippen LogP contribution is 2.19. The summed E-state index contributed by atoms with van der Waals surface area (Å²) in [4.78, 5) is 27.3. The lowest BCUT2D eigenvalue weighted by atomic mass is 10.1. The summed E-state index contributed by atoms with van der Waals surface area (Å²) in [6, 6.07) is 15.1. The molecule has 0 aliphatic heterocycles. The average molecular weight is 493 g/mol. The van der Waals surface area contributed by atoms with E-state index in [-0.39, 0.29) is 17.9 Å². The third-order valence-electron chi connectivity index (χ3n) is 4.49. The molecule has 0 radical (unpaired) electrons. The van der Waals surface area contributed by atoms with Gasteiger partial charge in [0.2, 0.25) is 11.8 Å². The molecule has 0 fully saturated rings. The van der Waals surface area contributed by atoms with Crippen LogP contribution in [0.2, 0.25) is 0 Å². The average Bonchev–Trinajstić information content (AvgIpc) is 2.71. The number of nitrogens with zero attached hydrogens (tertiary/aromatic N) is 1. The third-order valence-corrected chi connectivity index (χ3v) is 5.98. The summed E-state index contributed by atoms with van der Waals surface area (Å²) in [7, 11) is 1.64. The number of hydrogen-bond donors (Lipinski definition) is 1. The first-order valence-corrected chi connectivity index (χ1v) is 11.8. The molecule has 7 heteroatoms. The lowest BCUT2D eigenvalue weighted by molar-refractivity contribution is -0.138. The van der Waals surface area contributed by atoms with Crippen molar-refractivity contribution in [1.82, 2.24) is 10.2 Å². The third kappa shape index (κ3) is 7.69. The molecule has 0 unspecified atom stereocenters. The molecule has 0 aromatic heterocycles. The van der Waals surface area contributed by atoms with E-state index in [4.69, 9.17) is 4.74 Å². The van der Waals surface area contributed by atoms with Crippen molar-refractivity contribution in [1.29, 1.82) is 0 Å². The van der Waals surface area contributed by atoms with Crippen LogP contribution in [0.15, 0.2) is 53.0 Å². The molecule has 0 saturated carbocycles. The Balaban J connectivity index is 2.05. The van der Waals surface area contributed by atoms with Crippen LogP contribution >= 0.6 is 27.7 Å². The standard InChI is InChI=1S/C23H29BrN2O3S/c1-16(2)25-23(28)17(3)26(13-19-6-5-7-20(24)12-19)22(27)15-30-14-18-8-10-21(29-4)11-9-18/h5-12,16-17H,13-15H2,1-4H3,(H,25,28)/t17-/m1/s1. The van der Waals surface area contributed by atoms with Crippen molar-refractivity contribution in [2.24, 2.45) is 0 Å². The van der Waals surface area contributed by atoms with Crippen molar-refractivity contribution < 1.29 is 14.3 Å². The zero-order chi connectivity index (χ0) is 22.1. The first-order chi connectivity index (χ1) is 14.3. The number of thioether (sulfide) groups is 1. The number of halogens is 1. The second-order valence-electron chi connectivity index (χ2n) is 7.33. The Labute approximate surface area is 191 Å². The van der Waals surface area contributed by atoms with Crippen molar-refractivity contribution in [3.05, 3.63) is 64.1 Å². The van der Waals surface area contributed by atoms with E-state index >= 15 is 0 Å². The number of methoxy groups -OCH3 is 1. The van der Waals surface area contributed by atoms with Gasteiger partial charge in [-0.1, -0.05) is 40.2 Å². The van der Waals surface area contributed by atoms with Crippen LogP contribution in [0.3, 0.4) is 0 Å². The maximum absolute atomic E-state index is 13.0. The Kier molecular flexibility index (Phi) is 9.72. The van der Waals surface area contributed by atoms with Gasteiger partial charge in [-0.25, -0.2) is 0 Å².